The fourth-order valence-corrected chi connectivity index (χ4v) is 2.72. The molecule has 1 aliphatic rings. The normalized spacial score (nSPS) is 16.2. The highest BCUT2D eigenvalue weighted by Gasteiger charge is 2.30. The number of hydrogen-bond donors (Lipinski definition) is 1. The Balaban J connectivity index is 1.84. The van der Waals surface area contributed by atoms with E-state index in [1.165, 1.54) is 12.1 Å². The largest absolute Gasteiger partial charge is 0.480 e. The summed E-state index contributed by atoms with van der Waals surface area (Å²) in [6.45, 7) is 0.146. The molecule has 1 aromatic carbocycles. The molecule has 0 saturated carbocycles. The van der Waals surface area contributed by atoms with E-state index < -0.39 is 24.3 Å². The second-order valence-electron chi connectivity index (χ2n) is 5.66. The Kier molecular flexibility index (Phi) is 5.82. The second-order valence-corrected chi connectivity index (χ2v) is 5.66. The number of benzene rings is 1. The summed E-state index contributed by atoms with van der Waals surface area (Å²) in [5, 5.41) is 8.45. The highest BCUT2D eigenvalue weighted by molar-refractivity contribution is 5.78. The zero-order valence-corrected chi connectivity index (χ0v) is 12.9. The van der Waals surface area contributed by atoms with Gasteiger partial charge in [0.05, 0.1) is 5.56 Å². The molecule has 24 heavy (non-hydrogen) atoms. The third-order valence-electron chi connectivity index (χ3n) is 4.01. The highest BCUT2D eigenvalue weighted by Crippen LogP contribution is 2.32. The molecule has 1 N–H and O–H groups in total. The molecule has 132 valence electrons. The van der Waals surface area contributed by atoms with Crippen LogP contribution in [0.3, 0.4) is 0 Å². The van der Waals surface area contributed by atoms with Gasteiger partial charge in [-0.25, -0.2) is 4.79 Å². The third-order valence-corrected chi connectivity index (χ3v) is 4.01. The van der Waals surface area contributed by atoms with Crippen LogP contribution in [0.15, 0.2) is 24.3 Å². The minimum Gasteiger partial charge on any atom is -0.480 e. The Labute approximate surface area is 137 Å². The number of aliphatic carboxylic acids is 1. The predicted octanol–water partition coefficient (Wildman–Crippen LogP) is 2.51. The summed E-state index contributed by atoms with van der Waals surface area (Å²) in [5.74, 6) is -1.30. The van der Waals surface area contributed by atoms with E-state index in [1.807, 2.05) is 0 Å². The summed E-state index contributed by atoms with van der Waals surface area (Å²) >= 11 is 0. The number of rotatable bonds is 5. The van der Waals surface area contributed by atoms with Gasteiger partial charge in [0, 0.05) is 13.1 Å². The van der Waals surface area contributed by atoms with E-state index in [1.54, 1.807) is 4.90 Å². The lowest BCUT2D eigenvalue weighted by atomic mass is 9.89. The number of carbonyl (C=O) groups is 2. The van der Waals surface area contributed by atoms with Gasteiger partial charge in [0.2, 0.25) is 5.91 Å². The molecule has 2 rings (SSSR count). The fourth-order valence-electron chi connectivity index (χ4n) is 2.72. The fraction of sp³-hybridized carbons (Fsp3) is 0.500. The molecule has 8 heteroatoms. The molecule has 0 bridgehead atoms. The van der Waals surface area contributed by atoms with E-state index in [4.69, 9.17) is 9.84 Å². The van der Waals surface area contributed by atoms with Crippen LogP contribution in [0.1, 0.15) is 29.9 Å². The Bertz CT molecular complexity index is 578. The predicted molar refractivity (Wildman–Crippen MR) is 78.5 cm³/mol. The van der Waals surface area contributed by atoms with E-state index >= 15 is 0 Å². The Morgan fingerprint density at radius 3 is 2.21 bits per heavy atom. The molecular formula is C16H18F3NO4. The topological polar surface area (TPSA) is 66.8 Å². The van der Waals surface area contributed by atoms with Gasteiger partial charge < -0.3 is 14.7 Å². The zero-order valence-electron chi connectivity index (χ0n) is 12.9. The molecule has 1 amide bonds. The average Bonchev–Trinajstić information content (AvgIpc) is 2.54. The van der Waals surface area contributed by atoms with Crippen LogP contribution in [0.25, 0.3) is 0 Å². The van der Waals surface area contributed by atoms with E-state index in [9.17, 15) is 22.8 Å². The Morgan fingerprint density at radius 2 is 1.71 bits per heavy atom. The smallest absolute Gasteiger partial charge is 0.416 e. The van der Waals surface area contributed by atoms with E-state index in [-0.39, 0.29) is 18.4 Å². The van der Waals surface area contributed by atoms with Gasteiger partial charge in [-0.3, -0.25) is 4.79 Å². The molecule has 0 radical (unpaired) electrons. The molecule has 0 spiro atoms. The molecule has 0 unspecified atom stereocenters. The molecular weight excluding hydrogens is 327 g/mol. The van der Waals surface area contributed by atoms with Crippen LogP contribution in [0.5, 0.6) is 0 Å². The lowest BCUT2D eigenvalue weighted by molar-refractivity contribution is -0.146. The maximum atomic E-state index is 12.6. The van der Waals surface area contributed by atoms with Gasteiger partial charge in [-0.2, -0.15) is 13.2 Å². The molecule has 5 nitrogen and oxygen atoms in total. The maximum Gasteiger partial charge on any atom is 0.416 e. The van der Waals surface area contributed by atoms with Crippen LogP contribution in [-0.2, 0) is 20.5 Å². The summed E-state index contributed by atoms with van der Waals surface area (Å²) in [5.41, 5.74) is 0.159. The Hall–Kier alpha value is -2.09. The van der Waals surface area contributed by atoms with Gasteiger partial charge >= 0.3 is 12.1 Å². The van der Waals surface area contributed by atoms with Gasteiger partial charge in [0.15, 0.2) is 0 Å². The van der Waals surface area contributed by atoms with Crippen molar-refractivity contribution in [1.29, 1.82) is 0 Å². The standard InChI is InChI=1S/C16H18F3NO4/c17-16(18,19)13-3-1-11(2-4-13)12-5-7-20(8-6-12)14(21)9-24-10-15(22)23/h1-4,12H,5-10H2,(H,22,23). The van der Waals surface area contributed by atoms with Crippen LogP contribution < -0.4 is 0 Å². The first-order valence-corrected chi connectivity index (χ1v) is 7.52. The zero-order chi connectivity index (χ0) is 17.7. The number of piperidine rings is 1. The summed E-state index contributed by atoms with van der Waals surface area (Å²) in [4.78, 5) is 23.8. The number of hydrogen-bond acceptors (Lipinski definition) is 3. The van der Waals surface area contributed by atoms with Gasteiger partial charge in [-0.15, -0.1) is 0 Å². The first-order valence-electron chi connectivity index (χ1n) is 7.52. The van der Waals surface area contributed by atoms with Crippen molar-refractivity contribution in [1.82, 2.24) is 4.90 Å². The van der Waals surface area contributed by atoms with Gasteiger partial charge in [-0.1, -0.05) is 12.1 Å². The summed E-state index contributed by atoms with van der Waals surface area (Å²) < 4.78 is 42.5. The first-order chi connectivity index (χ1) is 11.3. The lowest BCUT2D eigenvalue weighted by Gasteiger charge is -2.32. The summed E-state index contributed by atoms with van der Waals surface area (Å²) in [7, 11) is 0. The summed E-state index contributed by atoms with van der Waals surface area (Å²) in [6, 6.07) is 5.13. The number of nitrogens with zero attached hydrogens (tertiary/aromatic N) is 1. The summed E-state index contributed by atoms with van der Waals surface area (Å²) in [6.07, 6.45) is -3.05. The van der Waals surface area contributed by atoms with Crippen molar-refractivity contribution < 1.29 is 32.6 Å². The van der Waals surface area contributed by atoms with Crippen molar-refractivity contribution in [3.63, 3.8) is 0 Å². The van der Waals surface area contributed by atoms with Crippen LogP contribution >= 0.6 is 0 Å². The maximum absolute atomic E-state index is 12.6. The number of carboxylic acid groups (broad SMARTS) is 1. The number of alkyl halides is 3. The number of carbonyl (C=O) groups excluding carboxylic acids is 1. The van der Waals surface area contributed by atoms with Crippen molar-refractivity contribution in [2.75, 3.05) is 26.3 Å². The van der Waals surface area contributed by atoms with E-state index in [0.717, 1.165) is 17.7 Å². The molecule has 1 fully saturated rings. The first kappa shape index (κ1) is 18.3. The number of ether oxygens (including phenoxy) is 1. The molecule has 0 aliphatic carbocycles. The highest BCUT2D eigenvalue weighted by atomic mass is 19.4. The van der Waals surface area contributed by atoms with Crippen molar-refractivity contribution in [3.8, 4) is 0 Å². The van der Waals surface area contributed by atoms with Crippen LogP contribution in [0.4, 0.5) is 13.2 Å². The van der Waals surface area contributed by atoms with E-state index in [2.05, 4.69) is 0 Å². The number of carboxylic acids is 1. The van der Waals surface area contributed by atoms with Crippen molar-refractivity contribution in [3.05, 3.63) is 35.4 Å². The quantitative estimate of drug-likeness (QED) is 0.890. The van der Waals surface area contributed by atoms with E-state index in [0.29, 0.717) is 25.9 Å². The van der Waals surface area contributed by atoms with Gasteiger partial charge in [-0.05, 0) is 36.5 Å². The number of amides is 1. The lowest BCUT2D eigenvalue weighted by Crippen LogP contribution is -2.40. The molecule has 0 aromatic heterocycles. The van der Waals surface area contributed by atoms with Crippen molar-refractivity contribution in [2.24, 2.45) is 0 Å². The van der Waals surface area contributed by atoms with Crippen molar-refractivity contribution >= 4 is 11.9 Å². The average molecular weight is 345 g/mol. The molecule has 1 heterocycles. The molecule has 1 aromatic rings. The molecule has 1 aliphatic heterocycles. The molecule has 0 atom stereocenters. The van der Waals surface area contributed by atoms with Gasteiger partial charge in [0.25, 0.3) is 0 Å². The minimum atomic E-state index is -4.34. The monoisotopic (exact) mass is 345 g/mol. The third kappa shape index (κ3) is 4.95. The van der Waals surface area contributed by atoms with Crippen molar-refractivity contribution in [2.45, 2.75) is 24.9 Å². The number of halogens is 3. The number of likely N-dealkylation sites (tertiary alicyclic amines) is 1. The SMILES string of the molecule is O=C(O)COCC(=O)N1CCC(c2ccc(C(F)(F)F)cc2)CC1. The Morgan fingerprint density at radius 1 is 1.12 bits per heavy atom. The second kappa shape index (κ2) is 7.65. The minimum absolute atomic E-state index is 0.108. The molecule has 1 saturated heterocycles. The van der Waals surface area contributed by atoms with Crippen LogP contribution in [0.2, 0.25) is 0 Å². The van der Waals surface area contributed by atoms with Gasteiger partial charge in [0.1, 0.15) is 13.2 Å². The van der Waals surface area contributed by atoms with Crippen LogP contribution in [0, 0.1) is 0 Å². The van der Waals surface area contributed by atoms with Crippen LogP contribution in [-0.4, -0.2) is 48.2 Å².